The molecule has 1 unspecified atom stereocenters. The summed E-state index contributed by atoms with van der Waals surface area (Å²) >= 11 is 1.47. The monoisotopic (exact) mass is 421 g/mol. The number of nitrogens with one attached hydrogen (secondary N) is 2. The van der Waals surface area contributed by atoms with E-state index < -0.39 is 6.04 Å². The lowest BCUT2D eigenvalue weighted by Crippen LogP contribution is -2.17. The maximum Gasteiger partial charge on any atom is 0.291 e. The summed E-state index contributed by atoms with van der Waals surface area (Å²) < 4.78 is 20.0. The minimum Gasteiger partial charge on any atom is -0.459 e. The molecular weight excluding hydrogens is 401 g/mol. The van der Waals surface area contributed by atoms with Crippen molar-refractivity contribution >= 4 is 28.1 Å². The summed E-state index contributed by atoms with van der Waals surface area (Å²) in [6.45, 7) is 2.04. The third-order valence-electron chi connectivity index (χ3n) is 4.62. The lowest BCUT2D eigenvalue weighted by Gasteiger charge is -2.21. The van der Waals surface area contributed by atoms with Gasteiger partial charge in [0.2, 0.25) is 0 Å². The fraction of sp³-hybridized carbons (Fsp3) is 0.130. The van der Waals surface area contributed by atoms with Gasteiger partial charge in [-0.15, -0.1) is 11.3 Å². The lowest BCUT2D eigenvalue weighted by atomic mass is 9.99. The molecule has 3 heterocycles. The average Bonchev–Trinajstić information content (AvgIpc) is 3.44. The summed E-state index contributed by atoms with van der Waals surface area (Å²) in [5.74, 6) is 0.139. The standard InChI is InChI=1S/C23H20FN3O2S/c1-2-15-14-17(23(30-15)27-22(28)19-10-7-13-29-19)21(16-8-3-4-9-18(16)24)26-20-11-5-6-12-25-20/h3-14,21H,2H2,1H3,(H,25,26)(H,27,28). The van der Waals surface area contributed by atoms with Gasteiger partial charge in [-0.25, -0.2) is 9.37 Å². The summed E-state index contributed by atoms with van der Waals surface area (Å²) in [4.78, 5) is 18.0. The van der Waals surface area contributed by atoms with Crippen LogP contribution in [0.1, 0.15) is 39.5 Å². The number of aromatic nitrogens is 1. The molecule has 5 nitrogen and oxygen atoms in total. The Kier molecular flexibility index (Phi) is 5.90. The molecule has 0 aliphatic rings. The zero-order chi connectivity index (χ0) is 20.9. The molecule has 0 saturated carbocycles. The Labute approximate surface area is 177 Å². The van der Waals surface area contributed by atoms with E-state index in [-0.39, 0.29) is 17.5 Å². The number of pyridine rings is 1. The number of hydrogen-bond acceptors (Lipinski definition) is 5. The Morgan fingerprint density at radius 2 is 1.97 bits per heavy atom. The highest BCUT2D eigenvalue weighted by Gasteiger charge is 2.25. The van der Waals surface area contributed by atoms with Crippen LogP contribution in [-0.2, 0) is 6.42 Å². The first-order valence-corrected chi connectivity index (χ1v) is 10.4. The van der Waals surface area contributed by atoms with Crippen LogP contribution in [0.3, 0.4) is 0 Å². The smallest absolute Gasteiger partial charge is 0.291 e. The van der Waals surface area contributed by atoms with Crippen molar-refractivity contribution in [2.24, 2.45) is 0 Å². The zero-order valence-corrected chi connectivity index (χ0v) is 17.1. The topological polar surface area (TPSA) is 67.2 Å². The van der Waals surface area contributed by atoms with Crippen molar-refractivity contribution in [3.8, 4) is 0 Å². The van der Waals surface area contributed by atoms with Crippen molar-refractivity contribution in [3.63, 3.8) is 0 Å². The summed E-state index contributed by atoms with van der Waals surface area (Å²) in [5.41, 5.74) is 1.24. The van der Waals surface area contributed by atoms with Gasteiger partial charge in [0.15, 0.2) is 5.76 Å². The molecular formula is C23H20FN3O2S. The second-order valence-electron chi connectivity index (χ2n) is 6.60. The van der Waals surface area contributed by atoms with Gasteiger partial charge < -0.3 is 15.1 Å². The maximum absolute atomic E-state index is 14.8. The van der Waals surface area contributed by atoms with E-state index in [1.54, 1.807) is 36.5 Å². The number of anilines is 2. The van der Waals surface area contributed by atoms with Crippen molar-refractivity contribution in [2.75, 3.05) is 10.6 Å². The van der Waals surface area contributed by atoms with Crippen LogP contribution in [0.4, 0.5) is 15.2 Å². The second-order valence-corrected chi connectivity index (χ2v) is 7.73. The zero-order valence-electron chi connectivity index (χ0n) is 16.3. The molecule has 0 fully saturated rings. The Bertz CT molecular complexity index is 1130. The van der Waals surface area contributed by atoms with E-state index in [0.29, 0.717) is 16.4 Å². The average molecular weight is 421 g/mol. The summed E-state index contributed by atoms with van der Waals surface area (Å²) in [6.07, 6.45) is 3.92. The van der Waals surface area contributed by atoms with Crippen LogP contribution < -0.4 is 10.6 Å². The number of amides is 1. The summed E-state index contributed by atoms with van der Waals surface area (Å²) in [5, 5.41) is 6.89. The molecule has 2 N–H and O–H groups in total. The molecule has 0 aliphatic heterocycles. The molecule has 4 rings (SSSR count). The first-order chi connectivity index (χ1) is 14.7. The number of carbonyl (C=O) groups excluding carboxylic acids is 1. The van der Waals surface area contributed by atoms with Gasteiger partial charge in [-0.2, -0.15) is 0 Å². The van der Waals surface area contributed by atoms with Crippen LogP contribution in [0.5, 0.6) is 0 Å². The molecule has 3 aromatic heterocycles. The predicted molar refractivity (Wildman–Crippen MR) is 116 cm³/mol. The molecule has 0 saturated heterocycles. The normalized spacial score (nSPS) is 11.8. The number of rotatable bonds is 7. The van der Waals surface area contributed by atoms with Crippen molar-refractivity contribution < 1.29 is 13.6 Å². The highest BCUT2D eigenvalue weighted by molar-refractivity contribution is 7.16. The van der Waals surface area contributed by atoms with Crippen molar-refractivity contribution in [3.05, 3.63) is 101 Å². The second kappa shape index (κ2) is 8.92. The summed E-state index contributed by atoms with van der Waals surface area (Å²) in [7, 11) is 0. The molecule has 7 heteroatoms. The predicted octanol–water partition coefficient (Wildman–Crippen LogP) is 5.89. The van der Waals surface area contributed by atoms with E-state index in [0.717, 1.165) is 16.9 Å². The van der Waals surface area contributed by atoms with Crippen molar-refractivity contribution in [1.82, 2.24) is 4.98 Å². The van der Waals surface area contributed by atoms with Gasteiger partial charge in [0, 0.05) is 22.2 Å². The Hall–Kier alpha value is -3.45. The number of thiophene rings is 1. The number of carbonyl (C=O) groups is 1. The van der Waals surface area contributed by atoms with Crippen LogP contribution in [-0.4, -0.2) is 10.9 Å². The van der Waals surface area contributed by atoms with Gasteiger partial charge in [-0.1, -0.05) is 31.2 Å². The van der Waals surface area contributed by atoms with Gasteiger partial charge in [0.1, 0.15) is 16.6 Å². The number of halogens is 1. The van der Waals surface area contributed by atoms with Crippen molar-refractivity contribution in [2.45, 2.75) is 19.4 Å². The van der Waals surface area contributed by atoms with Crippen molar-refractivity contribution in [1.29, 1.82) is 0 Å². The van der Waals surface area contributed by atoms with Crippen LogP contribution in [0.15, 0.2) is 77.5 Å². The highest BCUT2D eigenvalue weighted by atomic mass is 32.1. The van der Waals surface area contributed by atoms with Gasteiger partial charge in [0.25, 0.3) is 5.91 Å². The first kappa shape index (κ1) is 19.8. The molecule has 4 aromatic rings. The quantitative estimate of drug-likeness (QED) is 0.390. The molecule has 0 spiro atoms. The third-order valence-corrected chi connectivity index (χ3v) is 5.83. The lowest BCUT2D eigenvalue weighted by molar-refractivity contribution is 0.0997. The number of hydrogen-bond donors (Lipinski definition) is 2. The van der Waals surface area contributed by atoms with E-state index in [4.69, 9.17) is 4.42 Å². The van der Waals surface area contributed by atoms with Crippen LogP contribution >= 0.6 is 11.3 Å². The molecule has 1 amide bonds. The highest BCUT2D eigenvalue weighted by Crippen LogP contribution is 2.38. The van der Waals surface area contributed by atoms with E-state index in [1.165, 1.54) is 23.7 Å². The van der Waals surface area contributed by atoms with E-state index >= 15 is 0 Å². The molecule has 152 valence electrons. The molecule has 1 aromatic carbocycles. The van der Waals surface area contributed by atoms with Gasteiger partial charge in [-0.3, -0.25) is 4.79 Å². The molecule has 30 heavy (non-hydrogen) atoms. The number of aryl methyl sites for hydroxylation is 1. The molecule has 0 radical (unpaired) electrons. The largest absolute Gasteiger partial charge is 0.459 e. The molecule has 0 bridgehead atoms. The van der Waals surface area contributed by atoms with Gasteiger partial charge in [0.05, 0.1) is 12.3 Å². The van der Waals surface area contributed by atoms with Gasteiger partial charge in [-0.05, 0) is 42.8 Å². The molecule has 1 atom stereocenters. The fourth-order valence-corrected chi connectivity index (χ4v) is 4.18. The van der Waals surface area contributed by atoms with E-state index in [9.17, 15) is 9.18 Å². The third kappa shape index (κ3) is 4.26. The Morgan fingerprint density at radius 3 is 2.67 bits per heavy atom. The van der Waals surface area contributed by atoms with Gasteiger partial charge >= 0.3 is 0 Å². The summed E-state index contributed by atoms with van der Waals surface area (Å²) in [6, 6.07) is 16.8. The maximum atomic E-state index is 14.8. The Balaban J connectivity index is 1.77. The van der Waals surface area contributed by atoms with Crippen LogP contribution in [0.2, 0.25) is 0 Å². The number of nitrogens with zero attached hydrogens (tertiary/aromatic N) is 1. The Morgan fingerprint density at radius 1 is 1.13 bits per heavy atom. The van der Waals surface area contributed by atoms with E-state index in [1.807, 2.05) is 31.2 Å². The molecule has 0 aliphatic carbocycles. The minimum atomic E-state index is -0.537. The van der Waals surface area contributed by atoms with Crippen LogP contribution in [0.25, 0.3) is 0 Å². The fourth-order valence-electron chi connectivity index (χ4n) is 3.15. The minimum absolute atomic E-state index is 0.215. The number of benzene rings is 1. The van der Waals surface area contributed by atoms with E-state index in [2.05, 4.69) is 15.6 Å². The first-order valence-electron chi connectivity index (χ1n) is 9.55. The number of furan rings is 1. The SMILES string of the molecule is CCc1cc(C(Nc2ccccn2)c2ccccc2F)c(NC(=O)c2ccco2)s1. The van der Waals surface area contributed by atoms with Crippen LogP contribution in [0, 0.1) is 5.82 Å².